The Labute approximate surface area is 99.3 Å². The number of anilines is 1. The summed E-state index contributed by atoms with van der Waals surface area (Å²) >= 11 is 2.99. The Bertz CT molecular complexity index is 414. The Hall–Kier alpha value is -0.550. The van der Waals surface area contributed by atoms with Crippen molar-refractivity contribution in [3.8, 4) is 0 Å². The molecule has 0 bridgehead atoms. The van der Waals surface area contributed by atoms with Crippen LogP contribution in [-0.4, -0.2) is 19.6 Å². The molecule has 3 nitrogen and oxygen atoms in total. The molecule has 0 fully saturated rings. The van der Waals surface area contributed by atoms with Crippen molar-refractivity contribution >= 4 is 31.6 Å². The Morgan fingerprint density at radius 1 is 1.27 bits per heavy atom. The molecule has 1 aromatic carbocycles. The van der Waals surface area contributed by atoms with E-state index in [0.717, 1.165) is 5.56 Å². The van der Waals surface area contributed by atoms with Gasteiger partial charge in [0.25, 0.3) is 0 Å². The quantitative estimate of drug-likeness (QED) is 0.800. The number of alkyl halides is 1. The highest BCUT2D eigenvalue weighted by Gasteiger charge is 2.18. The largest absolute Gasteiger partial charge is 0.270 e. The third-order valence-electron chi connectivity index (χ3n) is 2.08. The van der Waals surface area contributed by atoms with Crippen LogP contribution in [-0.2, 0) is 10.0 Å². The van der Waals surface area contributed by atoms with E-state index >= 15 is 0 Å². The van der Waals surface area contributed by atoms with Gasteiger partial charge >= 0.3 is 0 Å². The van der Waals surface area contributed by atoms with Gasteiger partial charge in [0.1, 0.15) is 4.66 Å². The van der Waals surface area contributed by atoms with Gasteiger partial charge in [-0.2, -0.15) is 0 Å². The summed E-state index contributed by atoms with van der Waals surface area (Å²) in [5.41, 5.74) is 1.83. The maximum atomic E-state index is 11.7. The summed E-state index contributed by atoms with van der Waals surface area (Å²) in [6.45, 7) is 4.23. The zero-order valence-corrected chi connectivity index (χ0v) is 11.2. The van der Waals surface area contributed by atoms with Crippen molar-refractivity contribution < 1.29 is 8.42 Å². The fraction of sp³-hybridized carbons (Fsp3) is 0.400. The molecule has 0 heterocycles. The summed E-state index contributed by atoms with van der Waals surface area (Å²) in [6, 6.07) is 7.45. The van der Waals surface area contributed by atoms with Crippen molar-refractivity contribution in [2.24, 2.45) is 0 Å². The fourth-order valence-electron chi connectivity index (χ4n) is 1.31. The van der Waals surface area contributed by atoms with Crippen LogP contribution in [0.25, 0.3) is 0 Å². The summed E-state index contributed by atoms with van der Waals surface area (Å²) in [5, 5.41) is 0. The number of hydrogen-bond acceptors (Lipinski definition) is 2. The van der Waals surface area contributed by atoms with Gasteiger partial charge in [0.2, 0.25) is 10.0 Å². The van der Waals surface area contributed by atoms with Crippen molar-refractivity contribution in [1.82, 2.24) is 0 Å². The van der Waals surface area contributed by atoms with E-state index in [9.17, 15) is 8.42 Å². The van der Waals surface area contributed by atoms with Gasteiger partial charge < -0.3 is 0 Å². The minimum absolute atomic E-state index is 0.0539. The smallest absolute Gasteiger partial charge is 0.245 e. The summed E-state index contributed by atoms with van der Waals surface area (Å²) in [7, 11) is -3.23. The molecule has 0 saturated heterocycles. The number of sulfonamides is 1. The van der Waals surface area contributed by atoms with E-state index in [4.69, 9.17) is 0 Å². The van der Waals surface area contributed by atoms with Gasteiger partial charge in [0.05, 0.1) is 5.69 Å². The second-order valence-corrected chi connectivity index (χ2v) is 6.42. The molecule has 0 spiro atoms. The normalized spacial score (nSPS) is 11.4. The van der Waals surface area contributed by atoms with Gasteiger partial charge in [0.15, 0.2) is 0 Å². The van der Waals surface area contributed by atoms with E-state index in [1.54, 1.807) is 0 Å². The molecular formula is C10H14BrNO2S. The van der Waals surface area contributed by atoms with Crippen LogP contribution < -0.4 is 4.31 Å². The van der Waals surface area contributed by atoms with E-state index in [2.05, 4.69) is 15.9 Å². The van der Waals surface area contributed by atoms with Crippen molar-refractivity contribution in [2.75, 3.05) is 15.5 Å². The van der Waals surface area contributed by atoms with Crippen LogP contribution in [0.4, 0.5) is 5.69 Å². The zero-order chi connectivity index (χ0) is 11.5. The number of rotatable bonds is 4. The van der Waals surface area contributed by atoms with Crippen LogP contribution in [0.5, 0.6) is 0 Å². The van der Waals surface area contributed by atoms with Crippen LogP contribution in [0.3, 0.4) is 0 Å². The average molecular weight is 292 g/mol. The Balaban J connectivity index is 3.09. The van der Waals surface area contributed by atoms with Gasteiger partial charge in [-0.15, -0.1) is 0 Å². The maximum Gasteiger partial charge on any atom is 0.245 e. The van der Waals surface area contributed by atoms with E-state index in [0.29, 0.717) is 12.2 Å². The van der Waals surface area contributed by atoms with Crippen molar-refractivity contribution in [3.63, 3.8) is 0 Å². The van der Waals surface area contributed by atoms with Crippen LogP contribution >= 0.6 is 15.9 Å². The molecule has 0 aliphatic rings. The molecule has 0 saturated carbocycles. The number of benzene rings is 1. The van der Waals surface area contributed by atoms with E-state index in [1.807, 2.05) is 38.1 Å². The number of hydrogen-bond donors (Lipinski definition) is 0. The van der Waals surface area contributed by atoms with Gasteiger partial charge in [-0.1, -0.05) is 33.6 Å². The first kappa shape index (κ1) is 12.5. The summed E-state index contributed by atoms with van der Waals surface area (Å²) in [6.07, 6.45) is 0. The van der Waals surface area contributed by atoms with Crippen molar-refractivity contribution in [3.05, 3.63) is 29.8 Å². The highest BCUT2D eigenvalue weighted by molar-refractivity contribution is 9.10. The molecule has 0 aliphatic carbocycles. The van der Waals surface area contributed by atoms with Gasteiger partial charge in [-0.05, 0) is 26.0 Å². The molecule has 5 heteroatoms. The van der Waals surface area contributed by atoms with E-state index < -0.39 is 10.0 Å². The molecule has 1 rings (SSSR count). The SMILES string of the molecule is CCN(c1ccc(C)cc1)S(=O)(=O)CBr. The van der Waals surface area contributed by atoms with Gasteiger partial charge in [-0.3, -0.25) is 4.31 Å². The number of nitrogens with zero attached hydrogens (tertiary/aromatic N) is 1. The minimum Gasteiger partial charge on any atom is -0.270 e. The lowest BCUT2D eigenvalue weighted by molar-refractivity contribution is 0.597. The van der Waals surface area contributed by atoms with Gasteiger partial charge in [0, 0.05) is 6.54 Å². The second-order valence-electron chi connectivity index (χ2n) is 3.22. The molecule has 0 N–H and O–H groups in total. The molecule has 84 valence electrons. The Kier molecular flexibility index (Phi) is 4.16. The van der Waals surface area contributed by atoms with Crippen LogP contribution in [0.15, 0.2) is 24.3 Å². The summed E-state index contributed by atoms with van der Waals surface area (Å²) in [4.78, 5) is 0. The molecule has 0 aromatic heterocycles. The molecule has 0 aliphatic heterocycles. The maximum absolute atomic E-state index is 11.7. The highest BCUT2D eigenvalue weighted by atomic mass is 79.9. The molecule has 15 heavy (non-hydrogen) atoms. The first-order chi connectivity index (χ1) is 7.01. The van der Waals surface area contributed by atoms with Crippen LogP contribution in [0, 0.1) is 6.92 Å². The molecule has 0 unspecified atom stereocenters. The van der Waals surface area contributed by atoms with E-state index in [-0.39, 0.29) is 4.66 Å². The molecule has 0 atom stereocenters. The third kappa shape index (κ3) is 2.95. The van der Waals surface area contributed by atoms with Crippen LogP contribution in [0.1, 0.15) is 12.5 Å². The van der Waals surface area contributed by atoms with Crippen molar-refractivity contribution in [1.29, 1.82) is 0 Å². The van der Waals surface area contributed by atoms with E-state index in [1.165, 1.54) is 4.31 Å². The lowest BCUT2D eigenvalue weighted by atomic mass is 10.2. The molecule has 0 amide bonds. The lowest BCUT2D eigenvalue weighted by Gasteiger charge is -2.21. The highest BCUT2D eigenvalue weighted by Crippen LogP contribution is 2.19. The lowest BCUT2D eigenvalue weighted by Crippen LogP contribution is -2.31. The third-order valence-corrected chi connectivity index (χ3v) is 5.23. The number of halogens is 1. The standard InChI is InChI=1S/C10H14BrNO2S/c1-3-12(15(13,14)8-11)10-6-4-9(2)5-7-10/h4-7H,3,8H2,1-2H3. The molecule has 1 aromatic rings. The second kappa shape index (κ2) is 4.99. The Morgan fingerprint density at radius 3 is 2.20 bits per heavy atom. The summed E-state index contributed by atoms with van der Waals surface area (Å²) in [5.74, 6) is 0. The zero-order valence-electron chi connectivity index (χ0n) is 8.77. The topological polar surface area (TPSA) is 37.4 Å². The molecular weight excluding hydrogens is 278 g/mol. The minimum atomic E-state index is -3.23. The fourth-order valence-corrected chi connectivity index (χ4v) is 3.01. The predicted molar refractivity (Wildman–Crippen MR) is 66.9 cm³/mol. The average Bonchev–Trinajstić information content (AvgIpc) is 2.22. The van der Waals surface area contributed by atoms with Crippen molar-refractivity contribution in [2.45, 2.75) is 13.8 Å². The number of aryl methyl sites for hydroxylation is 1. The summed E-state index contributed by atoms with van der Waals surface area (Å²) < 4.78 is 24.7. The first-order valence-electron chi connectivity index (χ1n) is 4.64. The molecule has 0 radical (unpaired) electrons. The monoisotopic (exact) mass is 291 g/mol. The first-order valence-corrected chi connectivity index (χ1v) is 7.37. The predicted octanol–water partition coefficient (Wildman–Crippen LogP) is 2.50. The van der Waals surface area contributed by atoms with Gasteiger partial charge in [-0.25, -0.2) is 8.42 Å². The Morgan fingerprint density at radius 2 is 1.80 bits per heavy atom. The van der Waals surface area contributed by atoms with Crippen LogP contribution in [0.2, 0.25) is 0 Å².